The Morgan fingerprint density at radius 2 is 1.93 bits per heavy atom. The van der Waals surface area contributed by atoms with E-state index in [1.54, 1.807) is 6.26 Å². The summed E-state index contributed by atoms with van der Waals surface area (Å²) in [5.74, 6) is 0.617. The zero-order valence-corrected chi connectivity index (χ0v) is 17.0. The molecule has 3 heterocycles. The number of fused-ring (bicyclic) bond motifs is 1. The fourth-order valence-corrected chi connectivity index (χ4v) is 4.52. The molecule has 1 N–H and O–H groups in total. The van der Waals surface area contributed by atoms with Crippen molar-refractivity contribution >= 4 is 16.4 Å². The summed E-state index contributed by atoms with van der Waals surface area (Å²) in [4.78, 5) is 5.48. The van der Waals surface area contributed by atoms with E-state index in [-0.39, 0.29) is 0 Å². The van der Waals surface area contributed by atoms with Crippen LogP contribution in [0.5, 0.6) is 0 Å². The summed E-state index contributed by atoms with van der Waals surface area (Å²) in [5.41, 5.74) is 6.26. The molecule has 0 bridgehead atoms. The summed E-state index contributed by atoms with van der Waals surface area (Å²) in [6.45, 7) is 2.17. The number of benzene rings is 2. The van der Waals surface area contributed by atoms with Crippen LogP contribution in [0.4, 0.5) is 0 Å². The Kier molecular flexibility index (Phi) is 4.73. The molecule has 6 heteroatoms. The van der Waals surface area contributed by atoms with Gasteiger partial charge in [-0.3, -0.25) is 4.21 Å². The first-order valence-electron chi connectivity index (χ1n) is 9.77. The predicted octanol–water partition coefficient (Wildman–Crippen LogP) is 3.88. The summed E-state index contributed by atoms with van der Waals surface area (Å²) in [6, 6.07) is 16.5. The van der Waals surface area contributed by atoms with Crippen molar-refractivity contribution in [2.75, 3.05) is 19.3 Å². The Balaban J connectivity index is 1.47. The van der Waals surface area contributed by atoms with Crippen molar-refractivity contribution in [3.63, 3.8) is 0 Å². The molecule has 2 aromatic carbocycles. The Morgan fingerprint density at radius 1 is 1.07 bits per heavy atom. The van der Waals surface area contributed by atoms with Gasteiger partial charge in [-0.15, -0.1) is 0 Å². The van der Waals surface area contributed by atoms with Crippen LogP contribution in [-0.2, 0) is 10.8 Å². The molecule has 5 rings (SSSR count). The summed E-state index contributed by atoms with van der Waals surface area (Å²) < 4.78 is 13.6. The molecule has 1 fully saturated rings. The predicted molar refractivity (Wildman–Crippen MR) is 116 cm³/mol. The van der Waals surface area contributed by atoms with E-state index in [4.69, 9.17) is 0 Å². The highest BCUT2D eigenvalue weighted by molar-refractivity contribution is 7.84. The van der Waals surface area contributed by atoms with Gasteiger partial charge in [0.25, 0.3) is 0 Å². The van der Waals surface area contributed by atoms with Crippen molar-refractivity contribution in [1.29, 1.82) is 0 Å². The molecule has 29 heavy (non-hydrogen) atoms. The van der Waals surface area contributed by atoms with Crippen molar-refractivity contribution in [1.82, 2.24) is 19.9 Å². The molecule has 2 aromatic heterocycles. The Bertz CT molecular complexity index is 1190. The van der Waals surface area contributed by atoms with E-state index < -0.39 is 10.8 Å². The average molecular weight is 403 g/mol. The third-order valence-electron chi connectivity index (χ3n) is 5.61. The van der Waals surface area contributed by atoms with Crippen molar-refractivity contribution in [2.24, 2.45) is 0 Å². The molecular weight excluding hydrogens is 380 g/mol. The molecule has 1 aliphatic rings. The van der Waals surface area contributed by atoms with Gasteiger partial charge in [0.15, 0.2) is 5.65 Å². The highest BCUT2D eigenvalue weighted by Crippen LogP contribution is 2.28. The minimum Gasteiger partial charge on any atom is -0.316 e. The van der Waals surface area contributed by atoms with Gasteiger partial charge in [-0.05, 0) is 47.7 Å². The first kappa shape index (κ1) is 18.2. The first-order valence-corrected chi connectivity index (χ1v) is 11.3. The minimum absolute atomic E-state index is 0.617. The normalized spacial score (nSPS) is 17.6. The van der Waals surface area contributed by atoms with E-state index in [0.717, 1.165) is 45.9 Å². The van der Waals surface area contributed by atoms with Gasteiger partial charge in [0.1, 0.15) is 0 Å². The Labute approximate surface area is 172 Å². The molecule has 5 nitrogen and oxygen atoms in total. The maximum Gasteiger partial charge on any atom is 0.162 e. The highest BCUT2D eigenvalue weighted by Gasteiger charge is 2.16. The van der Waals surface area contributed by atoms with E-state index >= 15 is 0 Å². The van der Waals surface area contributed by atoms with Gasteiger partial charge in [0, 0.05) is 52.0 Å². The van der Waals surface area contributed by atoms with Crippen molar-refractivity contribution in [3.8, 4) is 22.3 Å². The lowest BCUT2D eigenvalue weighted by atomic mass is 9.96. The maximum atomic E-state index is 11.8. The molecular formula is C23H22N4OS. The summed E-state index contributed by atoms with van der Waals surface area (Å²) in [5, 5.41) is 7.93. The number of hydrogen-bond donors (Lipinski definition) is 1. The second-order valence-corrected chi connectivity index (χ2v) is 8.84. The SMILES string of the molecule is CS(=O)c1cccc(-c2cnn3cc(-c4ccc(C5CCNC5)cc4)cnc23)c1. The van der Waals surface area contributed by atoms with Gasteiger partial charge in [-0.2, -0.15) is 5.10 Å². The Hall–Kier alpha value is -2.83. The van der Waals surface area contributed by atoms with E-state index in [1.807, 2.05) is 47.4 Å². The second kappa shape index (κ2) is 7.54. The maximum absolute atomic E-state index is 11.8. The van der Waals surface area contributed by atoms with Crippen LogP contribution in [0.25, 0.3) is 27.9 Å². The van der Waals surface area contributed by atoms with Crippen molar-refractivity contribution < 1.29 is 4.21 Å². The summed E-state index contributed by atoms with van der Waals surface area (Å²) in [6.07, 6.45) is 8.62. The van der Waals surface area contributed by atoms with E-state index in [2.05, 4.69) is 39.7 Å². The zero-order valence-electron chi connectivity index (χ0n) is 16.2. The van der Waals surface area contributed by atoms with Gasteiger partial charge in [0.05, 0.1) is 6.20 Å². The average Bonchev–Trinajstić information content (AvgIpc) is 3.44. The van der Waals surface area contributed by atoms with Crippen LogP contribution >= 0.6 is 0 Å². The number of aromatic nitrogens is 3. The molecule has 0 aliphatic carbocycles. The molecule has 2 atom stereocenters. The number of hydrogen-bond acceptors (Lipinski definition) is 4. The summed E-state index contributed by atoms with van der Waals surface area (Å²) >= 11 is 0. The lowest BCUT2D eigenvalue weighted by molar-refractivity contribution is 0.687. The monoisotopic (exact) mass is 402 g/mol. The van der Waals surface area contributed by atoms with Crippen LogP contribution < -0.4 is 5.32 Å². The van der Waals surface area contributed by atoms with E-state index in [1.165, 1.54) is 12.0 Å². The molecule has 0 saturated carbocycles. The van der Waals surface area contributed by atoms with Gasteiger partial charge in [-0.25, -0.2) is 9.50 Å². The molecule has 0 spiro atoms. The zero-order chi connectivity index (χ0) is 19.8. The number of nitrogens with one attached hydrogen (secondary N) is 1. The molecule has 4 aromatic rings. The fraction of sp³-hybridized carbons (Fsp3) is 0.217. The van der Waals surface area contributed by atoms with Crippen molar-refractivity contribution in [3.05, 3.63) is 72.7 Å². The molecule has 1 saturated heterocycles. The van der Waals surface area contributed by atoms with Crippen molar-refractivity contribution in [2.45, 2.75) is 17.2 Å². The highest BCUT2D eigenvalue weighted by atomic mass is 32.2. The van der Waals surface area contributed by atoms with Gasteiger partial charge >= 0.3 is 0 Å². The number of nitrogens with zero attached hydrogens (tertiary/aromatic N) is 3. The van der Waals surface area contributed by atoms with Crippen LogP contribution in [0.1, 0.15) is 17.9 Å². The quantitative estimate of drug-likeness (QED) is 0.563. The standard InChI is InChI=1S/C23H22N4OS/c1-29(28)21-4-2-3-18(11-21)22-14-26-27-15-20(13-25-23(22)27)17-7-5-16(6-8-17)19-9-10-24-12-19/h2-8,11,13-15,19,24H,9-10,12H2,1H3. The summed E-state index contributed by atoms with van der Waals surface area (Å²) in [7, 11) is -1.02. The molecule has 0 radical (unpaired) electrons. The first-order chi connectivity index (χ1) is 14.2. The third-order valence-corrected chi connectivity index (χ3v) is 6.53. The third kappa shape index (κ3) is 3.50. The van der Waals surface area contributed by atoms with Crippen LogP contribution in [0.15, 0.2) is 72.0 Å². The smallest absolute Gasteiger partial charge is 0.162 e. The van der Waals surface area contributed by atoms with Gasteiger partial charge in [-0.1, -0.05) is 36.4 Å². The number of rotatable bonds is 4. The van der Waals surface area contributed by atoms with Crippen LogP contribution in [0.2, 0.25) is 0 Å². The molecule has 2 unspecified atom stereocenters. The van der Waals surface area contributed by atoms with Crippen LogP contribution in [0, 0.1) is 0 Å². The lowest BCUT2D eigenvalue weighted by Gasteiger charge is -2.10. The molecule has 0 amide bonds. The molecule has 146 valence electrons. The van der Waals surface area contributed by atoms with Crippen LogP contribution in [-0.4, -0.2) is 38.2 Å². The minimum atomic E-state index is -1.02. The van der Waals surface area contributed by atoms with E-state index in [9.17, 15) is 4.21 Å². The second-order valence-electron chi connectivity index (χ2n) is 7.46. The lowest BCUT2D eigenvalue weighted by Crippen LogP contribution is -2.07. The van der Waals surface area contributed by atoms with Gasteiger partial charge in [0.2, 0.25) is 0 Å². The molecule has 1 aliphatic heterocycles. The van der Waals surface area contributed by atoms with Gasteiger partial charge < -0.3 is 5.32 Å². The fourth-order valence-electron chi connectivity index (χ4n) is 3.96. The largest absolute Gasteiger partial charge is 0.316 e. The van der Waals surface area contributed by atoms with Crippen LogP contribution in [0.3, 0.4) is 0 Å². The topological polar surface area (TPSA) is 59.3 Å². The van der Waals surface area contributed by atoms with E-state index in [0.29, 0.717) is 5.92 Å². The Morgan fingerprint density at radius 3 is 2.69 bits per heavy atom.